The van der Waals surface area contributed by atoms with Crippen molar-refractivity contribution in [1.29, 1.82) is 0 Å². The van der Waals surface area contributed by atoms with Crippen LogP contribution in [0.1, 0.15) is 22.5 Å². The van der Waals surface area contributed by atoms with Crippen molar-refractivity contribution >= 4 is 43.4 Å². The van der Waals surface area contributed by atoms with Crippen LogP contribution in [0.25, 0.3) is 82.4 Å². The van der Waals surface area contributed by atoms with E-state index in [2.05, 4.69) is 187 Å². The predicted octanol–water partition coefficient (Wildman–Crippen LogP) is 12.5. The molecule has 0 N–H and O–H groups in total. The minimum atomic E-state index is -0.517. The van der Waals surface area contributed by atoms with E-state index in [-0.39, 0.29) is 0 Å². The molecule has 0 amide bonds. The molecule has 9 aromatic carbocycles. The first-order valence-corrected chi connectivity index (χ1v) is 18.1. The highest BCUT2D eigenvalue weighted by Crippen LogP contribution is 2.60. The molecule has 0 saturated heterocycles. The third-order valence-corrected chi connectivity index (χ3v) is 11.8. The molecule has 0 radical (unpaired) electrons. The molecule has 2 nitrogen and oxygen atoms in total. The number of nitrogens with zero attached hydrogens (tertiary/aromatic N) is 2. The van der Waals surface area contributed by atoms with Crippen LogP contribution in [-0.4, -0.2) is 9.55 Å². The molecule has 10 aromatic rings. The summed E-state index contributed by atoms with van der Waals surface area (Å²) < 4.78 is 2.40. The van der Waals surface area contributed by atoms with Gasteiger partial charge in [-0.05, 0) is 119 Å². The molecular formula is C50H30N2. The summed E-state index contributed by atoms with van der Waals surface area (Å²) >= 11 is 0. The zero-order valence-corrected chi connectivity index (χ0v) is 28.2. The van der Waals surface area contributed by atoms with Crippen molar-refractivity contribution in [2.45, 2.75) is 5.41 Å². The molecule has 1 aliphatic heterocycles. The maximum absolute atomic E-state index is 5.43. The minimum absolute atomic E-state index is 0.517. The molecule has 240 valence electrons. The number of benzene rings is 9. The fraction of sp³-hybridized carbons (Fsp3) is 0.0200. The van der Waals surface area contributed by atoms with Crippen LogP contribution in [0.15, 0.2) is 182 Å². The van der Waals surface area contributed by atoms with Crippen molar-refractivity contribution < 1.29 is 0 Å². The Morgan fingerprint density at radius 2 is 0.923 bits per heavy atom. The minimum Gasteiger partial charge on any atom is -0.295 e. The molecule has 52 heavy (non-hydrogen) atoms. The van der Waals surface area contributed by atoms with E-state index in [9.17, 15) is 0 Å². The zero-order valence-electron chi connectivity index (χ0n) is 28.2. The van der Waals surface area contributed by atoms with Crippen LogP contribution in [0.3, 0.4) is 0 Å². The lowest BCUT2D eigenvalue weighted by Gasteiger charge is -2.27. The van der Waals surface area contributed by atoms with Crippen LogP contribution in [-0.2, 0) is 5.41 Å². The van der Waals surface area contributed by atoms with E-state index in [1.54, 1.807) is 0 Å². The van der Waals surface area contributed by atoms with Gasteiger partial charge in [0.05, 0.1) is 16.7 Å². The van der Waals surface area contributed by atoms with Gasteiger partial charge in [-0.3, -0.25) is 4.57 Å². The van der Waals surface area contributed by atoms with Gasteiger partial charge < -0.3 is 0 Å². The standard InChI is InChI=1S/C50H30N2/c1-2-16-37-35(14-1)36-15-3-4-17-38(36)42-29-33(24-26-39(37)42)31-12-11-13-32(28-31)34-25-27-41-40-18-5-6-19-43(40)50(45(41)30-34)44-20-7-9-22-47(44)52-48-23-10-8-21-46(48)51-49(50)52/h1-30H. The number of hydrogen-bond donors (Lipinski definition) is 0. The lowest BCUT2D eigenvalue weighted by atomic mass is 9.72. The second-order valence-corrected chi connectivity index (χ2v) is 14.3. The number of para-hydroxylation sites is 3. The van der Waals surface area contributed by atoms with Gasteiger partial charge in [0, 0.05) is 0 Å². The highest BCUT2D eigenvalue weighted by Gasteiger charge is 2.54. The second kappa shape index (κ2) is 10.2. The van der Waals surface area contributed by atoms with Gasteiger partial charge in [-0.25, -0.2) is 4.98 Å². The summed E-state index contributed by atoms with van der Waals surface area (Å²) in [4.78, 5) is 5.43. The first-order valence-electron chi connectivity index (χ1n) is 18.1. The van der Waals surface area contributed by atoms with Gasteiger partial charge in [-0.1, -0.05) is 146 Å². The molecule has 0 fully saturated rings. The van der Waals surface area contributed by atoms with Crippen molar-refractivity contribution in [1.82, 2.24) is 9.55 Å². The van der Waals surface area contributed by atoms with E-state index in [0.717, 1.165) is 16.9 Å². The van der Waals surface area contributed by atoms with Crippen molar-refractivity contribution in [3.8, 4) is 39.1 Å². The van der Waals surface area contributed by atoms with Crippen molar-refractivity contribution in [2.24, 2.45) is 0 Å². The third kappa shape index (κ3) is 3.51. The molecular weight excluding hydrogens is 629 g/mol. The number of rotatable bonds is 2. The van der Waals surface area contributed by atoms with Crippen LogP contribution < -0.4 is 0 Å². The molecule has 1 aromatic heterocycles. The first kappa shape index (κ1) is 28.0. The normalized spacial score (nSPS) is 15.4. The van der Waals surface area contributed by atoms with E-state index in [1.807, 2.05) is 0 Å². The molecule has 1 unspecified atom stereocenters. The Hall–Kier alpha value is -6.77. The molecule has 2 heterocycles. The highest BCUT2D eigenvalue weighted by atomic mass is 15.1. The molecule has 12 rings (SSSR count). The van der Waals surface area contributed by atoms with Gasteiger partial charge in [-0.2, -0.15) is 0 Å². The molecule has 0 saturated carbocycles. The quantitative estimate of drug-likeness (QED) is 0.169. The van der Waals surface area contributed by atoms with Crippen LogP contribution in [0.4, 0.5) is 0 Å². The van der Waals surface area contributed by atoms with E-state index < -0.39 is 5.41 Å². The second-order valence-electron chi connectivity index (χ2n) is 14.3. The Morgan fingerprint density at radius 3 is 1.71 bits per heavy atom. The molecule has 1 aliphatic carbocycles. The summed E-state index contributed by atoms with van der Waals surface area (Å²) in [7, 11) is 0. The number of aromatic nitrogens is 2. The summed E-state index contributed by atoms with van der Waals surface area (Å²) in [5.41, 5.74) is 14.1. The van der Waals surface area contributed by atoms with E-state index in [4.69, 9.17) is 4.98 Å². The van der Waals surface area contributed by atoms with Crippen molar-refractivity contribution in [3.63, 3.8) is 0 Å². The largest absolute Gasteiger partial charge is 0.295 e. The predicted molar refractivity (Wildman–Crippen MR) is 215 cm³/mol. The van der Waals surface area contributed by atoms with Crippen LogP contribution in [0, 0.1) is 0 Å². The van der Waals surface area contributed by atoms with Gasteiger partial charge in [0.25, 0.3) is 0 Å². The summed E-state index contributed by atoms with van der Waals surface area (Å²) in [5.74, 6) is 1.07. The number of hydrogen-bond acceptors (Lipinski definition) is 1. The lowest BCUT2D eigenvalue weighted by Crippen LogP contribution is -2.27. The third-order valence-electron chi connectivity index (χ3n) is 11.8. The average Bonchev–Trinajstić information content (AvgIpc) is 3.84. The fourth-order valence-electron chi connectivity index (χ4n) is 9.58. The SMILES string of the molecule is c1cc(-c2ccc3c(c2)C2(c4ccccc4-3)c3ccccc3-n3c2nc2ccccc23)cc(-c2ccc3c4ccccc4c4ccccc4c3c2)c1. The van der Waals surface area contributed by atoms with Crippen LogP contribution >= 0.6 is 0 Å². The Kier molecular flexibility index (Phi) is 5.46. The Balaban J connectivity index is 1.06. The maximum atomic E-state index is 5.43. The molecule has 2 heteroatoms. The van der Waals surface area contributed by atoms with E-state index in [1.165, 1.54) is 88.1 Å². The van der Waals surface area contributed by atoms with Crippen molar-refractivity contribution in [3.05, 3.63) is 205 Å². The smallest absolute Gasteiger partial charge is 0.134 e. The van der Waals surface area contributed by atoms with Crippen LogP contribution in [0.5, 0.6) is 0 Å². The molecule has 2 aliphatic rings. The summed E-state index contributed by atoms with van der Waals surface area (Å²) in [6, 6.07) is 67.1. The first-order chi connectivity index (χ1) is 25.8. The van der Waals surface area contributed by atoms with Gasteiger partial charge in [0.1, 0.15) is 11.2 Å². The fourth-order valence-corrected chi connectivity index (χ4v) is 9.58. The molecule has 0 bridgehead atoms. The molecule has 1 spiro atoms. The monoisotopic (exact) mass is 658 g/mol. The Bertz CT molecular complexity index is 3110. The number of fused-ring (bicyclic) bond motifs is 18. The maximum Gasteiger partial charge on any atom is 0.134 e. The Labute approximate surface area is 300 Å². The summed E-state index contributed by atoms with van der Waals surface area (Å²) in [5, 5.41) is 7.77. The topological polar surface area (TPSA) is 17.8 Å². The van der Waals surface area contributed by atoms with Gasteiger partial charge >= 0.3 is 0 Å². The summed E-state index contributed by atoms with van der Waals surface area (Å²) in [6.07, 6.45) is 0. The van der Waals surface area contributed by atoms with E-state index in [0.29, 0.717) is 0 Å². The van der Waals surface area contributed by atoms with Crippen molar-refractivity contribution in [2.75, 3.05) is 0 Å². The zero-order chi connectivity index (χ0) is 34.0. The van der Waals surface area contributed by atoms with E-state index >= 15 is 0 Å². The number of imidazole rings is 1. The van der Waals surface area contributed by atoms with Gasteiger partial charge in [0.15, 0.2) is 0 Å². The van der Waals surface area contributed by atoms with Gasteiger partial charge in [0.2, 0.25) is 0 Å². The average molecular weight is 659 g/mol. The highest BCUT2D eigenvalue weighted by molar-refractivity contribution is 6.25. The Morgan fingerprint density at radius 1 is 0.365 bits per heavy atom. The van der Waals surface area contributed by atoms with Gasteiger partial charge in [-0.15, -0.1) is 0 Å². The van der Waals surface area contributed by atoms with Crippen LogP contribution in [0.2, 0.25) is 0 Å². The summed E-state index contributed by atoms with van der Waals surface area (Å²) in [6.45, 7) is 0. The molecule has 1 atom stereocenters. The lowest BCUT2D eigenvalue weighted by molar-refractivity contribution is 0.738.